The molecular formula is C16H14ClF3N2O2S. The van der Waals surface area contributed by atoms with Crippen LogP contribution in [0, 0.1) is 0 Å². The van der Waals surface area contributed by atoms with Crippen molar-refractivity contribution >= 4 is 27.3 Å². The quantitative estimate of drug-likeness (QED) is 0.851. The van der Waals surface area contributed by atoms with E-state index in [4.69, 9.17) is 11.6 Å². The van der Waals surface area contributed by atoms with Gasteiger partial charge in [0.25, 0.3) is 10.0 Å². The zero-order valence-corrected chi connectivity index (χ0v) is 14.4. The number of para-hydroxylation sites is 1. The number of sulfonamides is 1. The van der Waals surface area contributed by atoms with Gasteiger partial charge in [0.2, 0.25) is 0 Å². The van der Waals surface area contributed by atoms with Gasteiger partial charge in [-0.3, -0.25) is 4.31 Å². The van der Waals surface area contributed by atoms with Gasteiger partial charge in [-0.15, -0.1) is 0 Å². The van der Waals surface area contributed by atoms with Crippen molar-refractivity contribution in [3.05, 3.63) is 58.6 Å². The fourth-order valence-corrected chi connectivity index (χ4v) is 4.44. The summed E-state index contributed by atoms with van der Waals surface area (Å²) in [5.41, 5.74) is 0.0427. The molecule has 1 aliphatic rings. The van der Waals surface area contributed by atoms with Crippen LogP contribution in [0.5, 0.6) is 0 Å². The molecule has 4 nitrogen and oxygen atoms in total. The zero-order chi connectivity index (χ0) is 18.2. The van der Waals surface area contributed by atoms with Gasteiger partial charge in [-0.05, 0) is 29.8 Å². The summed E-state index contributed by atoms with van der Waals surface area (Å²) in [5, 5.41) is 2.56. The van der Waals surface area contributed by atoms with Crippen LogP contribution in [-0.4, -0.2) is 21.5 Å². The monoisotopic (exact) mass is 390 g/mol. The molecule has 0 aliphatic carbocycles. The van der Waals surface area contributed by atoms with Crippen LogP contribution in [0.4, 0.5) is 18.9 Å². The Morgan fingerprint density at radius 1 is 1.12 bits per heavy atom. The number of nitrogens with one attached hydrogen (secondary N) is 1. The molecule has 0 aromatic heterocycles. The van der Waals surface area contributed by atoms with Crippen molar-refractivity contribution in [3.63, 3.8) is 0 Å². The summed E-state index contributed by atoms with van der Waals surface area (Å²) in [4.78, 5) is -0.444. The van der Waals surface area contributed by atoms with Crippen LogP contribution in [0.15, 0.2) is 47.4 Å². The summed E-state index contributed by atoms with van der Waals surface area (Å²) < 4.78 is 66.3. The van der Waals surface area contributed by atoms with E-state index in [1.807, 2.05) is 0 Å². The van der Waals surface area contributed by atoms with E-state index >= 15 is 0 Å². The van der Waals surface area contributed by atoms with Crippen molar-refractivity contribution in [2.75, 3.05) is 17.4 Å². The Morgan fingerprint density at radius 2 is 1.84 bits per heavy atom. The number of anilines is 1. The van der Waals surface area contributed by atoms with Gasteiger partial charge in [0.1, 0.15) is 0 Å². The molecule has 2 aromatic rings. The number of rotatable bonds is 2. The average molecular weight is 391 g/mol. The highest BCUT2D eigenvalue weighted by Crippen LogP contribution is 2.37. The van der Waals surface area contributed by atoms with E-state index < -0.39 is 31.7 Å². The first kappa shape index (κ1) is 18.0. The minimum atomic E-state index is -4.74. The normalized spacial score (nSPS) is 15.6. The highest BCUT2D eigenvalue weighted by molar-refractivity contribution is 7.92. The van der Waals surface area contributed by atoms with Crippen LogP contribution < -0.4 is 9.62 Å². The Bertz CT molecular complexity index is 900. The number of benzene rings is 2. The number of hydrogen-bond donors (Lipinski definition) is 1. The molecule has 0 saturated heterocycles. The van der Waals surface area contributed by atoms with Gasteiger partial charge < -0.3 is 5.32 Å². The molecule has 25 heavy (non-hydrogen) atoms. The maximum atomic E-state index is 13.1. The molecule has 3 rings (SSSR count). The third-order valence-electron chi connectivity index (χ3n) is 3.90. The highest BCUT2D eigenvalue weighted by Gasteiger charge is 2.36. The molecule has 1 N–H and O–H groups in total. The third-order valence-corrected chi connectivity index (χ3v) is 6.04. The molecule has 0 saturated carbocycles. The predicted molar refractivity (Wildman–Crippen MR) is 89.1 cm³/mol. The van der Waals surface area contributed by atoms with E-state index in [1.54, 1.807) is 24.3 Å². The molecule has 2 aromatic carbocycles. The molecule has 0 amide bonds. The largest absolute Gasteiger partial charge is 0.417 e. The standard InChI is InChI=1S/C16H14ClF3N2O2S/c17-14-6-5-12(9-13(14)16(18,19)20)25(23,24)22-8-7-21-10-11-3-1-2-4-15(11)22/h1-6,9,21H,7-8,10H2. The van der Waals surface area contributed by atoms with E-state index in [-0.39, 0.29) is 6.54 Å². The van der Waals surface area contributed by atoms with E-state index in [1.165, 1.54) is 0 Å². The summed E-state index contributed by atoms with van der Waals surface area (Å²) in [7, 11) is -4.16. The highest BCUT2D eigenvalue weighted by atomic mass is 35.5. The molecular weight excluding hydrogens is 377 g/mol. The summed E-state index contributed by atoms with van der Waals surface area (Å²) in [6.45, 7) is 0.980. The maximum Gasteiger partial charge on any atom is 0.417 e. The first-order valence-electron chi connectivity index (χ1n) is 7.39. The van der Waals surface area contributed by atoms with E-state index in [9.17, 15) is 21.6 Å². The van der Waals surface area contributed by atoms with Crippen molar-refractivity contribution in [2.45, 2.75) is 17.6 Å². The molecule has 134 valence electrons. The zero-order valence-electron chi connectivity index (χ0n) is 12.8. The topological polar surface area (TPSA) is 49.4 Å². The van der Waals surface area contributed by atoms with Gasteiger partial charge in [-0.25, -0.2) is 8.42 Å². The van der Waals surface area contributed by atoms with Crippen LogP contribution in [0.3, 0.4) is 0 Å². The Kier molecular flexibility index (Phi) is 4.70. The van der Waals surface area contributed by atoms with Crippen LogP contribution in [0.1, 0.15) is 11.1 Å². The van der Waals surface area contributed by atoms with Crippen molar-refractivity contribution in [1.29, 1.82) is 0 Å². The first-order valence-corrected chi connectivity index (χ1v) is 9.21. The average Bonchev–Trinajstić information content (AvgIpc) is 2.76. The third kappa shape index (κ3) is 3.47. The molecule has 1 aliphatic heterocycles. The number of halogens is 4. The SMILES string of the molecule is O=S(=O)(c1ccc(Cl)c(C(F)(F)F)c1)N1CCNCc2ccccc21. The lowest BCUT2D eigenvalue weighted by atomic mass is 10.2. The van der Waals surface area contributed by atoms with E-state index in [2.05, 4.69) is 5.32 Å². The fraction of sp³-hybridized carbons (Fsp3) is 0.250. The smallest absolute Gasteiger partial charge is 0.311 e. The number of alkyl halides is 3. The number of hydrogen-bond acceptors (Lipinski definition) is 3. The summed E-state index contributed by atoms with van der Waals surface area (Å²) in [6, 6.07) is 9.52. The van der Waals surface area contributed by atoms with Crippen LogP contribution in [-0.2, 0) is 22.7 Å². The van der Waals surface area contributed by atoms with Gasteiger partial charge in [0.15, 0.2) is 0 Å². The predicted octanol–water partition coefficient (Wildman–Crippen LogP) is 3.66. The number of nitrogens with zero attached hydrogens (tertiary/aromatic N) is 1. The fourth-order valence-electron chi connectivity index (χ4n) is 2.69. The van der Waals surface area contributed by atoms with Gasteiger partial charge >= 0.3 is 6.18 Å². The van der Waals surface area contributed by atoms with Gasteiger partial charge in [0, 0.05) is 19.6 Å². The minimum absolute atomic E-state index is 0.114. The van der Waals surface area contributed by atoms with Crippen LogP contribution in [0.2, 0.25) is 5.02 Å². The summed E-state index contributed by atoms with van der Waals surface area (Å²) >= 11 is 5.59. The Hall–Kier alpha value is -1.77. The van der Waals surface area contributed by atoms with Crippen molar-refractivity contribution in [2.24, 2.45) is 0 Å². The molecule has 0 spiro atoms. The molecule has 0 bridgehead atoms. The first-order chi connectivity index (χ1) is 11.7. The van der Waals surface area contributed by atoms with Gasteiger partial charge in [-0.1, -0.05) is 29.8 Å². The van der Waals surface area contributed by atoms with Crippen LogP contribution >= 0.6 is 11.6 Å². The van der Waals surface area contributed by atoms with Gasteiger partial charge in [-0.2, -0.15) is 13.2 Å². The molecule has 1 heterocycles. The van der Waals surface area contributed by atoms with E-state index in [0.29, 0.717) is 24.8 Å². The second-order valence-corrected chi connectivity index (χ2v) is 7.79. The minimum Gasteiger partial charge on any atom is -0.311 e. The lowest BCUT2D eigenvalue weighted by Crippen LogP contribution is -2.34. The maximum absolute atomic E-state index is 13.1. The Morgan fingerprint density at radius 3 is 2.56 bits per heavy atom. The molecule has 0 atom stereocenters. The van der Waals surface area contributed by atoms with Crippen molar-refractivity contribution < 1.29 is 21.6 Å². The lowest BCUT2D eigenvalue weighted by Gasteiger charge is -2.24. The van der Waals surface area contributed by atoms with Crippen molar-refractivity contribution in [3.8, 4) is 0 Å². The molecule has 9 heteroatoms. The Labute approximate surface area is 148 Å². The lowest BCUT2D eigenvalue weighted by molar-refractivity contribution is -0.137. The molecule has 0 unspecified atom stereocenters. The second kappa shape index (κ2) is 6.51. The number of fused-ring (bicyclic) bond motifs is 1. The second-order valence-electron chi connectivity index (χ2n) is 5.52. The summed E-state index contributed by atoms with van der Waals surface area (Å²) in [5.74, 6) is 0. The van der Waals surface area contributed by atoms with Gasteiger partial charge in [0.05, 0.1) is 21.2 Å². The van der Waals surface area contributed by atoms with Crippen LogP contribution in [0.25, 0.3) is 0 Å². The van der Waals surface area contributed by atoms with E-state index in [0.717, 1.165) is 22.0 Å². The molecule has 0 radical (unpaired) electrons. The van der Waals surface area contributed by atoms with Crippen molar-refractivity contribution in [1.82, 2.24) is 5.32 Å². The summed E-state index contributed by atoms with van der Waals surface area (Å²) in [6.07, 6.45) is -4.74. The Balaban J connectivity index is 2.12. The molecule has 0 fully saturated rings.